The van der Waals surface area contributed by atoms with Crippen molar-refractivity contribution in [3.8, 4) is 0 Å². The summed E-state index contributed by atoms with van der Waals surface area (Å²) >= 11 is 10.8. The summed E-state index contributed by atoms with van der Waals surface area (Å²) in [5.74, 6) is 0. The largest absolute Gasteiger partial charge is 0.369 e. The summed E-state index contributed by atoms with van der Waals surface area (Å²) in [6.07, 6.45) is 1.64. The first-order chi connectivity index (χ1) is 7.08. The van der Waals surface area contributed by atoms with Crippen molar-refractivity contribution in [2.75, 3.05) is 19.4 Å². The Hall–Kier alpha value is -1.13. The highest BCUT2D eigenvalue weighted by atomic mass is 35.5. The van der Waals surface area contributed by atoms with Crippen LogP contribution in [0, 0.1) is 0 Å². The van der Waals surface area contributed by atoms with Gasteiger partial charge in [-0.1, -0.05) is 11.6 Å². The number of benzene rings is 1. The van der Waals surface area contributed by atoms with Gasteiger partial charge in [0.1, 0.15) is 0 Å². The third kappa shape index (κ3) is 4.76. The fourth-order valence-electron chi connectivity index (χ4n) is 0.857. The number of nitrogens with zero attached hydrogens (tertiary/aromatic N) is 2. The Balaban J connectivity index is 2.55. The van der Waals surface area contributed by atoms with Crippen LogP contribution < -0.4 is 5.32 Å². The highest BCUT2D eigenvalue weighted by Crippen LogP contribution is 2.13. The van der Waals surface area contributed by atoms with E-state index in [1.807, 2.05) is 31.1 Å². The minimum Gasteiger partial charge on any atom is -0.369 e. The second kappa shape index (κ2) is 5.68. The lowest BCUT2D eigenvalue weighted by molar-refractivity contribution is 0.644. The molecule has 0 heterocycles. The number of hydrogen-bond donors (Lipinski definition) is 1. The molecule has 0 unspecified atom stereocenters. The summed E-state index contributed by atoms with van der Waals surface area (Å²) in [5.41, 5.74) is 0.875. The molecule has 1 N–H and O–H groups in total. The lowest BCUT2D eigenvalue weighted by Crippen LogP contribution is -2.12. The Morgan fingerprint density at radius 1 is 1.40 bits per heavy atom. The molecule has 0 spiro atoms. The lowest BCUT2D eigenvalue weighted by atomic mass is 10.3. The third-order valence-corrected chi connectivity index (χ3v) is 1.96. The molecule has 0 atom stereocenters. The average Bonchev–Trinajstić information content (AvgIpc) is 2.19. The molecule has 5 heteroatoms. The molecule has 0 saturated carbocycles. The molecule has 1 rings (SSSR count). The van der Waals surface area contributed by atoms with Crippen LogP contribution in [0.3, 0.4) is 0 Å². The number of anilines is 1. The van der Waals surface area contributed by atoms with Gasteiger partial charge in [-0.05, 0) is 36.5 Å². The molecule has 0 aliphatic heterocycles. The van der Waals surface area contributed by atoms with Gasteiger partial charge in [0, 0.05) is 24.8 Å². The molecule has 0 amide bonds. The van der Waals surface area contributed by atoms with Crippen molar-refractivity contribution in [1.82, 2.24) is 4.90 Å². The molecular formula is C10H12ClN3S. The van der Waals surface area contributed by atoms with Crippen LogP contribution in [0.1, 0.15) is 0 Å². The molecule has 0 fully saturated rings. The summed E-state index contributed by atoms with van der Waals surface area (Å²) in [7, 11) is 3.77. The van der Waals surface area contributed by atoms with Crippen LogP contribution in [0.4, 0.5) is 5.69 Å². The quantitative estimate of drug-likeness (QED) is 0.490. The molecule has 1 aromatic carbocycles. The standard InChI is InChI=1S/C10H12ClN3S/c1-14(2)7-12-10(15)13-9-5-3-8(11)4-6-9/h3-7H,1-2H3,(H,13,15)/b12-7+. The zero-order valence-corrected chi connectivity index (χ0v) is 10.1. The Bertz CT molecular complexity index is 359. The number of aliphatic imine (C=N–C) groups is 1. The first-order valence-electron chi connectivity index (χ1n) is 4.35. The second-order valence-electron chi connectivity index (χ2n) is 3.15. The molecule has 0 aromatic heterocycles. The predicted molar refractivity (Wildman–Crippen MR) is 69.9 cm³/mol. The normalized spacial score (nSPS) is 10.3. The number of thiocarbonyl (C=S) groups is 1. The second-order valence-corrected chi connectivity index (χ2v) is 3.97. The molecule has 0 aliphatic rings. The van der Waals surface area contributed by atoms with Crippen LogP contribution in [0.15, 0.2) is 29.3 Å². The average molecular weight is 242 g/mol. The van der Waals surface area contributed by atoms with Crippen molar-refractivity contribution in [2.24, 2.45) is 4.99 Å². The molecule has 0 bridgehead atoms. The molecular weight excluding hydrogens is 230 g/mol. The summed E-state index contributed by atoms with van der Waals surface area (Å²) in [4.78, 5) is 5.84. The van der Waals surface area contributed by atoms with Crippen LogP contribution >= 0.6 is 23.8 Å². The van der Waals surface area contributed by atoms with E-state index in [9.17, 15) is 0 Å². The molecule has 3 nitrogen and oxygen atoms in total. The number of hydrogen-bond acceptors (Lipinski definition) is 1. The number of halogens is 1. The van der Waals surface area contributed by atoms with Crippen molar-refractivity contribution in [1.29, 1.82) is 0 Å². The predicted octanol–water partition coefficient (Wildman–Crippen LogP) is 2.63. The molecule has 0 aliphatic carbocycles. The van der Waals surface area contributed by atoms with Crippen molar-refractivity contribution < 1.29 is 0 Å². The van der Waals surface area contributed by atoms with E-state index in [4.69, 9.17) is 23.8 Å². The van der Waals surface area contributed by atoms with E-state index >= 15 is 0 Å². The van der Waals surface area contributed by atoms with E-state index in [-0.39, 0.29) is 0 Å². The highest BCUT2D eigenvalue weighted by Gasteiger charge is 1.94. The van der Waals surface area contributed by atoms with E-state index in [1.165, 1.54) is 0 Å². The smallest absolute Gasteiger partial charge is 0.198 e. The maximum absolute atomic E-state index is 5.75. The van der Waals surface area contributed by atoms with Crippen molar-refractivity contribution in [2.45, 2.75) is 0 Å². The Morgan fingerprint density at radius 2 is 2.00 bits per heavy atom. The van der Waals surface area contributed by atoms with Crippen molar-refractivity contribution in [3.63, 3.8) is 0 Å². The molecule has 15 heavy (non-hydrogen) atoms. The van der Waals surface area contributed by atoms with Gasteiger partial charge in [0.15, 0.2) is 5.11 Å². The van der Waals surface area contributed by atoms with Gasteiger partial charge in [-0.3, -0.25) is 0 Å². The van der Waals surface area contributed by atoms with E-state index in [1.54, 1.807) is 18.5 Å². The third-order valence-electron chi connectivity index (χ3n) is 1.50. The number of nitrogens with one attached hydrogen (secondary N) is 1. The number of rotatable bonds is 2. The monoisotopic (exact) mass is 241 g/mol. The highest BCUT2D eigenvalue weighted by molar-refractivity contribution is 7.80. The first-order valence-corrected chi connectivity index (χ1v) is 5.14. The van der Waals surface area contributed by atoms with Crippen LogP contribution in [-0.2, 0) is 0 Å². The van der Waals surface area contributed by atoms with Gasteiger partial charge >= 0.3 is 0 Å². The Kier molecular flexibility index (Phi) is 4.52. The maximum Gasteiger partial charge on any atom is 0.198 e. The minimum absolute atomic E-state index is 0.422. The molecule has 80 valence electrons. The lowest BCUT2D eigenvalue weighted by Gasteiger charge is -2.05. The van der Waals surface area contributed by atoms with Crippen LogP contribution in [0.2, 0.25) is 5.02 Å². The summed E-state index contributed by atoms with van der Waals surface area (Å²) < 4.78 is 0. The maximum atomic E-state index is 5.75. The van der Waals surface area contributed by atoms with Gasteiger partial charge in [0.05, 0.1) is 6.34 Å². The van der Waals surface area contributed by atoms with Crippen molar-refractivity contribution in [3.05, 3.63) is 29.3 Å². The zero-order chi connectivity index (χ0) is 11.3. The minimum atomic E-state index is 0.422. The van der Waals surface area contributed by atoms with E-state index < -0.39 is 0 Å². The first kappa shape index (κ1) is 11.9. The van der Waals surface area contributed by atoms with Gasteiger partial charge in [-0.15, -0.1) is 0 Å². The van der Waals surface area contributed by atoms with Gasteiger partial charge in [-0.25, -0.2) is 4.99 Å². The van der Waals surface area contributed by atoms with E-state index in [2.05, 4.69) is 10.3 Å². The van der Waals surface area contributed by atoms with Crippen LogP contribution in [-0.4, -0.2) is 30.4 Å². The Labute approximate surface area is 99.8 Å². The zero-order valence-electron chi connectivity index (χ0n) is 8.57. The molecule has 1 aromatic rings. The fourth-order valence-corrected chi connectivity index (χ4v) is 1.15. The van der Waals surface area contributed by atoms with Gasteiger partial charge < -0.3 is 10.2 Å². The van der Waals surface area contributed by atoms with Crippen LogP contribution in [0.25, 0.3) is 0 Å². The van der Waals surface area contributed by atoms with E-state index in [0.717, 1.165) is 5.69 Å². The molecule has 0 radical (unpaired) electrons. The van der Waals surface area contributed by atoms with Crippen LogP contribution in [0.5, 0.6) is 0 Å². The summed E-state index contributed by atoms with van der Waals surface area (Å²) in [5, 5.41) is 4.09. The van der Waals surface area contributed by atoms with Gasteiger partial charge in [-0.2, -0.15) is 0 Å². The topological polar surface area (TPSA) is 27.6 Å². The molecule has 0 saturated heterocycles. The Morgan fingerprint density at radius 3 is 2.53 bits per heavy atom. The summed E-state index contributed by atoms with van der Waals surface area (Å²) in [6, 6.07) is 7.28. The van der Waals surface area contributed by atoms with Gasteiger partial charge in [0.25, 0.3) is 0 Å². The fraction of sp³-hybridized carbons (Fsp3) is 0.200. The van der Waals surface area contributed by atoms with Gasteiger partial charge in [0.2, 0.25) is 0 Å². The summed E-state index contributed by atoms with van der Waals surface area (Å²) in [6.45, 7) is 0. The van der Waals surface area contributed by atoms with E-state index in [0.29, 0.717) is 10.1 Å². The SMILES string of the molecule is CN(C)/C=N/C(=S)Nc1ccc(Cl)cc1. The van der Waals surface area contributed by atoms with Crippen molar-refractivity contribution >= 4 is 41.0 Å².